The summed E-state index contributed by atoms with van der Waals surface area (Å²) in [5.41, 5.74) is 0.301. The van der Waals surface area contributed by atoms with Crippen molar-refractivity contribution < 1.29 is 4.79 Å². The van der Waals surface area contributed by atoms with Crippen molar-refractivity contribution in [3.05, 3.63) is 33.9 Å². The van der Waals surface area contributed by atoms with Gasteiger partial charge in [-0.1, -0.05) is 6.92 Å². The minimum atomic E-state index is -0.244. The summed E-state index contributed by atoms with van der Waals surface area (Å²) in [6.07, 6.45) is 2.89. The third-order valence-corrected chi connectivity index (χ3v) is 3.64. The van der Waals surface area contributed by atoms with Gasteiger partial charge in [0.05, 0.1) is 6.54 Å². The number of aryl methyl sites for hydroxylation is 1. The molecule has 2 N–H and O–H groups in total. The first-order valence-electron chi connectivity index (χ1n) is 5.96. The Balaban J connectivity index is 1.94. The lowest BCUT2D eigenvalue weighted by atomic mass is 10.3. The first kappa shape index (κ1) is 13.4. The number of aromatic nitrogens is 3. The van der Waals surface area contributed by atoms with Gasteiger partial charge in [-0.3, -0.25) is 4.79 Å². The lowest BCUT2D eigenvalue weighted by molar-refractivity contribution is 0.0957. The molecule has 6 nitrogen and oxygen atoms in total. The summed E-state index contributed by atoms with van der Waals surface area (Å²) in [6.45, 7) is 2.71. The molecular formula is C12H15N5OS. The molecule has 0 aliphatic carbocycles. The van der Waals surface area contributed by atoms with Crippen LogP contribution in [0.15, 0.2) is 18.3 Å². The predicted molar refractivity (Wildman–Crippen MR) is 74.2 cm³/mol. The zero-order valence-electron chi connectivity index (χ0n) is 10.8. The number of amides is 1. The minimum Gasteiger partial charge on any atom is -0.362 e. The Morgan fingerprint density at radius 3 is 2.79 bits per heavy atom. The van der Waals surface area contributed by atoms with E-state index < -0.39 is 0 Å². The molecule has 2 aromatic heterocycles. The highest BCUT2D eigenvalue weighted by atomic mass is 32.1. The molecule has 0 unspecified atom stereocenters. The number of nitrogens with one attached hydrogen (secondary N) is 2. The number of rotatable bonds is 5. The molecular weight excluding hydrogens is 262 g/mol. The van der Waals surface area contributed by atoms with Gasteiger partial charge < -0.3 is 10.6 Å². The summed E-state index contributed by atoms with van der Waals surface area (Å²) < 4.78 is 0. The van der Waals surface area contributed by atoms with Gasteiger partial charge in [0.15, 0.2) is 5.69 Å². The molecule has 0 aliphatic heterocycles. The van der Waals surface area contributed by atoms with Crippen LogP contribution in [0, 0.1) is 0 Å². The SMILES string of the molecule is CCc1cnc(CNc2ccc(C(=O)NC)nn2)s1. The molecule has 0 saturated heterocycles. The van der Waals surface area contributed by atoms with Crippen molar-refractivity contribution in [3.63, 3.8) is 0 Å². The molecule has 2 heterocycles. The summed E-state index contributed by atoms with van der Waals surface area (Å²) in [7, 11) is 1.56. The monoisotopic (exact) mass is 277 g/mol. The fourth-order valence-corrected chi connectivity index (χ4v) is 2.24. The summed E-state index contributed by atoms with van der Waals surface area (Å²) >= 11 is 1.68. The van der Waals surface area contributed by atoms with Crippen LogP contribution in [0.3, 0.4) is 0 Å². The molecule has 0 fully saturated rings. The third kappa shape index (κ3) is 3.47. The second-order valence-electron chi connectivity index (χ2n) is 3.81. The van der Waals surface area contributed by atoms with Crippen LogP contribution in [-0.4, -0.2) is 28.1 Å². The number of carbonyl (C=O) groups excluding carboxylic acids is 1. The van der Waals surface area contributed by atoms with Crippen molar-refractivity contribution in [1.82, 2.24) is 20.5 Å². The van der Waals surface area contributed by atoms with E-state index in [1.165, 1.54) is 4.88 Å². The van der Waals surface area contributed by atoms with Gasteiger partial charge >= 0.3 is 0 Å². The Kier molecular flexibility index (Phi) is 4.40. The largest absolute Gasteiger partial charge is 0.362 e. The molecule has 7 heteroatoms. The summed E-state index contributed by atoms with van der Waals surface area (Å²) in [5, 5.41) is 14.4. The van der Waals surface area contributed by atoms with Crippen LogP contribution in [0.4, 0.5) is 5.82 Å². The maximum atomic E-state index is 11.3. The standard InChI is InChI=1S/C12H15N5OS/c1-3-8-6-15-11(19-8)7-14-10-5-4-9(16-17-10)12(18)13-2/h4-6H,3,7H2,1-2H3,(H,13,18)(H,14,17). The molecule has 0 spiro atoms. The zero-order valence-corrected chi connectivity index (χ0v) is 11.6. The Morgan fingerprint density at radius 1 is 1.37 bits per heavy atom. The number of nitrogens with zero attached hydrogens (tertiary/aromatic N) is 3. The van der Waals surface area contributed by atoms with E-state index in [0.29, 0.717) is 18.1 Å². The molecule has 0 radical (unpaired) electrons. The van der Waals surface area contributed by atoms with Crippen molar-refractivity contribution in [2.75, 3.05) is 12.4 Å². The van der Waals surface area contributed by atoms with Crippen LogP contribution in [0.1, 0.15) is 27.3 Å². The Morgan fingerprint density at radius 2 is 2.21 bits per heavy atom. The maximum Gasteiger partial charge on any atom is 0.271 e. The normalized spacial score (nSPS) is 10.2. The highest BCUT2D eigenvalue weighted by Crippen LogP contribution is 2.14. The van der Waals surface area contributed by atoms with Crippen molar-refractivity contribution in [2.45, 2.75) is 19.9 Å². The molecule has 0 saturated carbocycles. The smallest absolute Gasteiger partial charge is 0.271 e. The highest BCUT2D eigenvalue weighted by Gasteiger charge is 2.06. The van der Waals surface area contributed by atoms with Gasteiger partial charge in [0.25, 0.3) is 5.91 Å². The second-order valence-corrected chi connectivity index (χ2v) is 5.01. The van der Waals surface area contributed by atoms with E-state index in [4.69, 9.17) is 0 Å². The lowest BCUT2D eigenvalue weighted by Crippen LogP contribution is -2.19. The second kappa shape index (κ2) is 6.24. The van der Waals surface area contributed by atoms with Gasteiger partial charge in [-0.25, -0.2) is 4.98 Å². The summed E-state index contributed by atoms with van der Waals surface area (Å²) in [6, 6.07) is 3.36. The number of thiazole rings is 1. The lowest BCUT2D eigenvalue weighted by Gasteiger charge is -2.03. The molecule has 19 heavy (non-hydrogen) atoms. The third-order valence-electron chi connectivity index (χ3n) is 2.49. The van der Waals surface area contributed by atoms with Gasteiger partial charge in [0.2, 0.25) is 0 Å². The van der Waals surface area contributed by atoms with Crippen LogP contribution < -0.4 is 10.6 Å². The van der Waals surface area contributed by atoms with Crippen LogP contribution in [0.5, 0.6) is 0 Å². The molecule has 0 aliphatic rings. The molecule has 100 valence electrons. The van der Waals surface area contributed by atoms with Gasteiger partial charge in [-0.2, -0.15) is 0 Å². The topological polar surface area (TPSA) is 79.8 Å². The van der Waals surface area contributed by atoms with E-state index in [-0.39, 0.29) is 5.91 Å². The summed E-state index contributed by atoms with van der Waals surface area (Å²) in [5.74, 6) is 0.382. The number of hydrogen-bond donors (Lipinski definition) is 2. The van der Waals surface area contributed by atoms with Gasteiger partial charge in [-0.05, 0) is 18.6 Å². The van der Waals surface area contributed by atoms with Crippen molar-refractivity contribution in [2.24, 2.45) is 0 Å². The minimum absolute atomic E-state index is 0.244. The van der Waals surface area contributed by atoms with Crippen LogP contribution in [0.2, 0.25) is 0 Å². The van der Waals surface area contributed by atoms with Crippen LogP contribution in [-0.2, 0) is 13.0 Å². The van der Waals surface area contributed by atoms with Crippen molar-refractivity contribution in [1.29, 1.82) is 0 Å². The fraction of sp³-hybridized carbons (Fsp3) is 0.333. The molecule has 1 amide bonds. The molecule has 0 atom stereocenters. The maximum absolute atomic E-state index is 11.3. The van der Waals surface area contributed by atoms with Crippen molar-refractivity contribution >= 4 is 23.1 Å². The Hall–Kier alpha value is -2.02. The Bertz CT molecular complexity index is 552. The number of anilines is 1. The molecule has 2 rings (SSSR count). The number of hydrogen-bond acceptors (Lipinski definition) is 6. The molecule has 0 aromatic carbocycles. The average molecular weight is 277 g/mol. The van der Waals surface area contributed by atoms with E-state index in [1.807, 2.05) is 6.20 Å². The highest BCUT2D eigenvalue weighted by molar-refractivity contribution is 7.11. The zero-order chi connectivity index (χ0) is 13.7. The van der Waals surface area contributed by atoms with E-state index in [9.17, 15) is 4.79 Å². The fourth-order valence-electron chi connectivity index (χ4n) is 1.44. The van der Waals surface area contributed by atoms with Gasteiger partial charge in [0.1, 0.15) is 10.8 Å². The van der Waals surface area contributed by atoms with Crippen LogP contribution in [0.25, 0.3) is 0 Å². The van der Waals surface area contributed by atoms with Crippen molar-refractivity contribution in [3.8, 4) is 0 Å². The number of carbonyl (C=O) groups is 1. The van der Waals surface area contributed by atoms with Gasteiger partial charge in [-0.15, -0.1) is 21.5 Å². The predicted octanol–water partition coefficient (Wildman–Crippen LogP) is 1.47. The quantitative estimate of drug-likeness (QED) is 0.865. The van der Waals surface area contributed by atoms with Gasteiger partial charge in [0, 0.05) is 18.1 Å². The molecule has 2 aromatic rings. The van der Waals surface area contributed by atoms with E-state index in [1.54, 1.807) is 30.5 Å². The van der Waals surface area contributed by atoms with E-state index in [0.717, 1.165) is 11.4 Å². The first-order valence-corrected chi connectivity index (χ1v) is 6.78. The van der Waals surface area contributed by atoms with Crippen LogP contribution >= 0.6 is 11.3 Å². The van der Waals surface area contributed by atoms with E-state index in [2.05, 4.69) is 32.7 Å². The van der Waals surface area contributed by atoms with E-state index >= 15 is 0 Å². The summed E-state index contributed by atoms with van der Waals surface area (Å²) in [4.78, 5) is 16.9. The first-order chi connectivity index (χ1) is 9.22. The molecule has 0 bridgehead atoms. The Labute approximate surface area is 115 Å². The average Bonchev–Trinajstić information content (AvgIpc) is 2.93.